The summed E-state index contributed by atoms with van der Waals surface area (Å²) in [6.45, 7) is 2.61. The van der Waals surface area contributed by atoms with Gasteiger partial charge in [0.1, 0.15) is 5.76 Å². The van der Waals surface area contributed by atoms with Crippen LogP contribution in [-0.4, -0.2) is 47.6 Å². The van der Waals surface area contributed by atoms with Crippen molar-refractivity contribution in [2.24, 2.45) is 0 Å². The zero-order valence-electron chi connectivity index (χ0n) is 10.9. The molecule has 2 rings (SSSR count). The number of β-amino-alcohol motifs (C(OH)–C–C–N with tert-alkyl or cyclic N) is 1. The number of rotatable bonds is 3. The number of aliphatic hydroxyl groups is 1. The Hall–Kier alpha value is -1.82. The molecule has 1 saturated heterocycles. The lowest BCUT2D eigenvalue weighted by atomic mass is 10.1. The Bertz CT molecular complexity index is 469. The molecule has 0 aromatic carbocycles. The number of aliphatic hydroxyl groups excluding tert-OH is 1. The van der Waals surface area contributed by atoms with E-state index < -0.39 is 6.10 Å². The molecule has 1 aromatic heterocycles. The minimum atomic E-state index is -0.454. The van der Waals surface area contributed by atoms with Crippen molar-refractivity contribution in [2.75, 3.05) is 19.6 Å². The summed E-state index contributed by atoms with van der Waals surface area (Å²) in [4.78, 5) is 25.2. The van der Waals surface area contributed by atoms with Crippen LogP contribution in [0.4, 0.5) is 0 Å². The second kappa shape index (κ2) is 5.88. The molecule has 1 aromatic rings. The summed E-state index contributed by atoms with van der Waals surface area (Å²) in [5, 5.41) is 12.1. The molecule has 2 amide bonds. The Kier molecular flexibility index (Phi) is 4.21. The summed E-state index contributed by atoms with van der Waals surface area (Å²) < 4.78 is 5.03. The van der Waals surface area contributed by atoms with Crippen LogP contribution in [-0.2, 0) is 4.79 Å². The fraction of sp³-hybridized carbons (Fsp3) is 0.538. The van der Waals surface area contributed by atoms with Gasteiger partial charge in [-0.2, -0.15) is 0 Å². The average molecular weight is 266 g/mol. The maximum atomic E-state index is 11.9. The first-order valence-corrected chi connectivity index (χ1v) is 6.36. The van der Waals surface area contributed by atoms with Gasteiger partial charge < -0.3 is 19.7 Å². The van der Waals surface area contributed by atoms with Crippen LogP contribution >= 0.6 is 0 Å². The lowest BCUT2D eigenvalue weighted by Gasteiger charge is -2.30. The third-order valence-corrected chi connectivity index (χ3v) is 3.25. The molecular weight excluding hydrogens is 248 g/mol. The van der Waals surface area contributed by atoms with Crippen molar-refractivity contribution in [3.8, 4) is 0 Å². The standard InChI is InChI=1S/C13H18N2O4/c1-9-11(4-6-19-9)13(18)14-7-12(17)15-5-2-3-10(16)8-15/h4,6,10,16H,2-3,5,7-8H2,1H3,(H,14,18). The summed E-state index contributed by atoms with van der Waals surface area (Å²) in [6, 6.07) is 1.57. The molecule has 2 heterocycles. The Morgan fingerprint density at radius 2 is 2.37 bits per heavy atom. The van der Waals surface area contributed by atoms with Gasteiger partial charge in [-0.05, 0) is 25.8 Å². The molecule has 0 spiro atoms. The highest BCUT2D eigenvalue weighted by Gasteiger charge is 2.22. The predicted molar refractivity (Wildman–Crippen MR) is 67.6 cm³/mol. The van der Waals surface area contributed by atoms with Crippen LogP contribution in [0.25, 0.3) is 0 Å². The molecule has 1 fully saturated rings. The molecule has 0 saturated carbocycles. The molecule has 6 heteroatoms. The van der Waals surface area contributed by atoms with E-state index in [2.05, 4.69) is 5.32 Å². The average Bonchev–Trinajstić information content (AvgIpc) is 2.82. The van der Waals surface area contributed by atoms with Gasteiger partial charge in [0.15, 0.2) is 0 Å². The first kappa shape index (κ1) is 13.6. The van der Waals surface area contributed by atoms with Gasteiger partial charge in [0, 0.05) is 13.1 Å². The van der Waals surface area contributed by atoms with E-state index in [0.717, 1.165) is 12.8 Å². The second-order valence-electron chi connectivity index (χ2n) is 4.71. The first-order valence-electron chi connectivity index (χ1n) is 6.36. The zero-order valence-corrected chi connectivity index (χ0v) is 10.9. The smallest absolute Gasteiger partial charge is 0.255 e. The van der Waals surface area contributed by atoms with Gasteiger partial charge in [-0.3, -0.25) is 9.59 Å². The Morgan fingerprint density at radius 3 is 3.00 bits per heavy atom. The van der Waals surface area contributed by atoms with E-state index in [4.69, 9.17) is 4.42 Å². The SMILES string of the molecule is Cc1occc1C(=O)NCC(=O)N1CCCC(O)C1. The number of amides is 2. The van der Waals surface area contributed by atoms with Crippen LogP contribution in [0.5, 0.6) is 0 Å². The minimum absolute atomic E-state index is 0.0594. The van der Waals surface area contributed by atoms with E-state index in [1.54, 1.807) is 17.9 Å². The van der Waals surface area contributed by atoms with Crippen LogP contribution in [0.1, 0.15) is 29.0 Å². The molecule has 1 aliphatic rings. The quantitative estimate of drug-likeness (QED) is 0.824. The number of carbonyl (C=O) groups excluding carboxylic acids is 2. The molecule has 2 N–H and O–H groups in total. The molecule has 1 unspecified atom stereocenters. The number of furan rings is 1. The number of aryl methyl sites for hydroxylation is 1. The summed E-state index contributed by atoms with van der Waals surface area (Å²) in [5.41, 5.74) is 0.437. The first-order chi connectivity index (χ1) is 9.08. The molecular formula is C13H18N2O4. The molecule has 1 aliphatic heterocycles. The van der Waals surface area contributed by atoms with Crippen LogP contribution in [0, 0.1) is 6.92 Å². The predicted octanol–water partition coefficient (Wildman–Crippen LogP) is 0.301. The Morgan fingerprint density at radius 1 is 1.58 bits per heavy atom. The van der Waals surface area contributed by atoms with Crippen molar-refractivity contribution in [2.45, 2.75) is 25.9 Å². The number of nitrogens with zero attached hydrogens (tertiary/aromatic N) is 1. The van der Waals surface area contributed by atoms with Gasteiger partial charge in [-0.15, -0.1) is 0 Å². The van der Waals surface area contributed by atoms with Crippen molar-refractivity contribution in [3.63, 3.8) is 0 Å². The lowest BCUT2D eigenvalue weighted by Crippen LogP contribution is -2.46. The zero-order chi connectivity index (χ0) is 13.8. The van der Waals surface area contributed by atoms with Crippen molar-refractivity contribution in [3.05, 3.63) is 23.7 Å². The third-order valence-electron chi connectivity index (χ3n) is 3.25. The van der Waals surface area contributed by atoms with E-state index in [0.29, 0.717) is 24.4 Å². The van der Waals surface area contributed by atoms with Gasteiger partial charge >= 0.3 is 0 Å². The Balaban J connectivity index is 1.83. The molecule has 0 bridgehead atoms. The summed E-state index contributed by atoms with van der Waals surface area (Å²) in [5.74, 6) is 0.0312. The van der Waals surface area contributed by atoms with Crippen LogP contribution in [0.15, 0.2) is 16.7 Å². The number of likely N-dealkylation sites (tertiary alicyclic amines) is 1. The van der Waals surface area contributed by atoms with Gasteiger partial charge in [0.05, 0.1) is 24.5 Å². The molecule has 1 atom stereocenters. The highest BCUT2D eigenvalue weighted by Crippen LogP contribution is 2.10. The monoisotopic (exact) mass is 266 g/mol. The normalized spacial score (nSPS) is 19.3. The minimum Gasteiger partial charge on any atom is -0.469 e. The van der Waals surface area contributed by atoms with Gasteiger partial charge in [0.25, 0.3) is 5.91 Å². The topological polar surface area (TPSA) is 82.8 Å². The van der Waals surface area contributed by atoms with Crippen LogP contribution in [0.2, 0.25) is 0 Å². The number of carbonyl (C=O) groups is 2. The van der Waals surface area contributed by atoms with Crippen molar-refractivity contribution in [1.82, 2.24) is 10.2 Å². The van der Waals surface area contributed by atoms with Gasteiger partial charge in [-0.25, -0.2) is 0 Å². The van der Waals surface area contributed by atoms with Gasteiger partial charge in [-0.1, -0.05) is 0 Å². The van der Waals surface area contributed by atoms with E-state index in [1.165, 1.54) is 6.26 Å². The molecule has 0 radical (unpaired) electrons. The maximum absolute atomic E-state index is 11.9. The van der Waals surface area contributed by atoms with E-state index in [1.807, 2.05) is 0 Å². The van der Waals surface area contributed by atoms with E-state index >= 15 is 0 Å². The fourth-order valence-corrected chi connectivity index (χ4v) is 2.16. The summed E-state index contributed by atoms with van der Waals surface area (Å²) >= 11 is 0. The molecule has 19 heavy (non-hydrogen) atoms. The van der Waals surface area contributed by atoms with Crippen molar-refractivity contribution in [1.29, 1.82) is 0 Å². The molecule has 104 valence electrons. The number of piperidine rings is 1. The Labute approximate surface area is 111 Å². The van der Waals surface area contributed by atoms with Crippen LogP contribution in [0.3, 0.4) is 0 Å². The lowest BCUT2D eigenvalue weighted by molar-refractivity contribution is -0.133. The maximum Gasteiger partial charge on any atom is 0.255 e. The second-order valence-corrected chi connectivity index (χ2v) is 4.71. The number of hydrogen-bond acceptors (Lipinski definition) is 4. The van der Waals surface area contributed by atoms with Crippen LogP contribution < -0.4 is 5.32 Å². The van der Waals surface area contributed by atoms with E-state index in [-0.39, 0.29) is 18.4 Å². The van der Waals surface area contributed by atoms with Gasteiger partial charge in [0.2, 0.25) is 5.91 Å². The van der Waals surface area contributed by atoms with E-state index in [9.17, 15) is 14.7 Å². The molecule has 6 nitrogen and oxygen atoms in total. The highest BCUT2D eigenvalue weighted by molar-refractivity contribution is 5.97. The molecule has 0 aliphatic carbocycles. The summed E-state index contributed by atoms with van der Waals surface area (Å²) in [6.07, 6.45) is 2.50. The fourth-order valence-electron chi connectivity index (χ4n) is 2.16. The van der Waals surface area contributed by atoms with Crippen molar-refractivity contribution < 1.29 is 19.1 Å². The third kappa shape index (κ3) is 3.35. The highest BCUT2D eigenvalue weighted by atomic mass is 16.3. The summed E-state index contributed by atoms with van der Waals surface area (Å²) in [7, 11) is 0. The van der Waals surface area contributed by atoms with Crippen molar-refractivity contribution >= 4 is 11.8 Å². The number of hydrogen-bond donors (Lipinski definition) is 2. The number of nitrogens with one attached hydrogen (secondary N) is 1. The largest absolute Gasteiger partial charge is 0.469 e.